The van der Waals surface area contributed by atoms with Crippen molar-refractivity contribution in [3.63, 3.8) is 0 Å². The minimum absolute atomic E-state index is 0.0268. The number of pyridine rings is 1. The maximum atomic E-state index is 13.5. The van der Waals surface area contributed by atoms with E-state index in [2.05, 4.69) is 15.3 Å². The van der Waals surface area contributed by atoms with Crippen LogP contribution in [-0.2, 0) is 10.0 Å². The molecular formula is C20H27F2N5O4S. The Morgan fingerprint density at radius 2 is 1.97 bits per heavy atom. The quantitative estimate of drug-likeness (QED) is 0.685. The number of nitrogens with zero attached hydrogens (tertiary/aromatic N) is 4. The van der Waals surface area contributed by atoms with Gasteiger partial charge in [-0.05, 0) is 39.0 Å². The third-order valence-electron chi connectivity index (χ3n) is 6.47. The number of nitrogens with one attached hydrogen (secondary N) is 1. The summed E-state index contributed by atoms with van der Waals surface area (Å²) in [6, 6.07) is 0.920. The molecule has 0 amide bonds. The van der Waals surface area contributed by atoms with E-state index in [1.54, 1.807) is 13.0 Å². The van der Waals surface area contributed by atoms with E-state index in [1.165, 1.54) is 21.3 Å². The molecule has 0 spiro atoms. The van der Waals surface area contributed by atoms with Crippen molar-refractivity contribution in [1.82, 2.24) is 18.8 Å². The van der Waals surface area contributed by atoms with Crippen molar-refractivity contribution in [3.05, 3.63) is 28.3 Å². The van der Waals surface area contributed by atoms with E-state index in [4.69, 9.17) is 0 Å². The molecule has 1 aliphatic carbocycles. The lowest BCUT2D eigenvalue weighted by molar-refractivity contribution is 0.0261. The highest BCUT2D eigenvalue weighted by molar-refractivity contribution is 7.88. The molecule has 0 bridgehead atoms. The maximum Gasteiger partial charge on any atom is 0.285 e. The minimum atomic E-state index is -3.23. The summed E-state index contributed by atoms with van der Waals surface area (Å²) in [7, 11) is -3.23. The first-order valence-corrected chi connectivity index (χ1v) is 12.5. The van der Waals surface area contributed by atoms with E-state index in [-0.39, 0.29) is 11.6 Å². The van der Waals surface area contributed by atoms with Gasteiger partial charge < -0.3 is 10.4 Å². The molecule has 9 nitrogen and oxygen atoms in total. The molecule has 4 rings (SSSR count). The van der Waals surface area contributed by atoms with Crippen molar-refractivity contribution in [1.29, 1.82) is 0 Å². The summed E-state index contributed by atoms with van der Waals surface area (Å²) in [6.07, 6.45) is 2.28. The predicted octanol–water partition coefficient (Wildman–Crippen LogP) is 2.04. The summed E-state index contributed by atoms with van der Waals surface area (Å²) in [5.41, 5.74) is -2.47. The van der Waals surface area contributed by atoms with Gasteiger partial charge >= 0.3 is 0 Å². The summed E-state index contributed by atoms with van der Waals surface area (Å²) in [4.78, 5) is 21.1. The Morgan fingerprint density at radius 3 is 2.53 bits per heavy atom. The van der Waals surface area contributed by atoms with Gasteiger partial charge in [-0.1, -0.05) is 0 Å². The van der Waals surface area contributed by atoms with Crippen LogP contribution < -0.4 is 10.9 Å². The summed E-state index contributed by atoms with van der Waals surface area (Å²) in [6.45, 7) is 2.39. The van der Waals surface area contributed by atoms with Gasteiger partial charge in [0.05, 0.1) is 29.6 Å². The van der Waals surface area contributed by atoms with Gasteiger partial charge in [-0.2, -0.15) is 0 Å². The first-order valence-electron chi connectivity index (χ1n) is 10.6. The van der Waals surface area contributed by atoms with E-state index in [0.29, 0.717) is 56.5 Å². The molecule has 2 aromatic rings. The standard InChI is InChI=1S/C20H27F2N5O4S/c1-20(29)7-3-4-15(20)27-14-10-16(23-11-13(14)25-17(18(21)22)19(27)28)24-12-5-8-26(9-6-12)32(2,30)31/h10-12,15,18,29H,3-9H2,1-2H3,(H,23,24)/t15-,20-/m1/s1. The number of sulfonamides is 1. The Kier molecular flexibility index (Phi) is 5.97. The number of aromatic nitrogens is 3. The van der Waals surface area contributed by atoms with Gasteiger partial charge in [-0.15, -0.1) is 0 Å². The average molecular weight is 472 g/mol. The van der Waals surface area contributed by atoms with Crippen LogP contribution >= 0.6 is 0 Å². The number of hydrogen-bond donors (Lipinski definition) is 2. The first-order chi connectivity index (χ1) is 15.0. The lowest BCUT2D eigenvalue weighted by Crippen LogP contribution is -2.42. The summed E-state index contributed by atoms with van der Waals surface area (Å²) < 4.78 is 53.1. The number of halogens is 2. The number of piperidine rings is 1. The van der Waals surface area contributed by atoms with Crippen LogP contribution in [0.4, 0.5) is 14.6 Å². The smallest absolute Gasteiger partial charge is 0.285 e. The molecule has 1 aliphatic heterocycles. The zero-order chi connectivity index (χ0) is 23.3. The van der Waals surface area contributed by atoms with Crippen LogP contribution in [0, 0.1) is 0 Å². The topological polar surface area (TPSA) is 117 Å². The fraction of sp³-hybridized carbons (Fsp3) is 0.650. The van der Waals surface area contributed by atoms with Crippen molar-refractivity contribution < 1.29 is 22.3 Å². The highest BCUT2D eigenvalue weighted by atomic mass is 32.2. The zero-order valence-corrected chi connectivity index (χ0v) is 18.8. The molecule has 2 aromatic heterocycles. The Labute approximate surface area is 184 Å². The van der Waals surface area contributed by atoms with E-state index >= 15 is 0 Å². The van der Waals surface area contributed by atoms with Crippen molar-refractivity contribution in [2.75, 3.05) is 24.7 Å². The molecule has 2 atom stereocenters. The number of aliphatic hydroxyl groups is 1. The van der Waals surface area contributed by atoms with E-state index in [0.717, 1.165) is 0 Å². The predicted molar refractivity (Wildman–Crippen MR) is 115 cm³/mol. The third kappa shape index (κ3) is 4.35. The fourth-order valence-corrected chi connectivity index (χ4v) is 5.61. The van der Waals surface area contributed by atoms with E-state index < -0.39 is 39.3 Å². The van der Waals surface area contributed by atoms with Gasteiger partial charge in [0.25, 0.3) is 12.0 Å². The van der Waals surface area contributed by atoms with Crippen LogP contribution in [0.1, 0.15) is 57.2 Å². The van der Waals surface area contributed by atoms with Crippen LogP contribution in [0.5, 0.6) is 0 Å². The van der Waals surface area contributed by atoms with E-state index in [1.807, 2.05) is 0 Å². The summed E-state index contributed by atoms with van der Waals surface area (Å²) >= 11 is 0. The molecule has 1 saturated carbocycles. The Bertz CT molecular complexity index is 1180. The second kappa shape index (κ2) is 8.31. The van der Waals surface area contributed by atoms with Gasteiger partial charge in [-0.25, -0.2) is 31.5 Å². The third-order valence-corrected chi connectivity index (χ3v) is 7.78. The van der Waals surface area contributed by atoms with Crippen molar-refractivity contribution in [2.45, 2.75) is 63.1 Å². The first kappa shape index (κ1) is 23.0. The van der Waals surface area contributed by atoms with Crippen LogP contribution in [-0.4, -0.2) is 63.4 Å². The van der Waals surface area contributed by atoms with E-state index in [9.17, 15) is 27.1 Å². The van der Waals surface area contributed by atoms with Gasteiger partial charge in [-0.3, -0.25) is 9.36 Å². The summed E-state index contributed by atoms with van der Waals surface area (Å²) in [5.74, 6) is 0.438. The molecule has 0 unspecified atom stereocenters. The molecule has 2 aliphatic rings. The van der Waals surface area contributed by atoms with Gasteiger partial charge in [0.15, 0.2) is 5.69 Å². The minimum Gasteiger partial charge on any atom is -0.388 e. The number of anilines is 1. The fourth-order valence-electron chi connectivity index (χ4n) is 4.74. The van der Waals surface area contributed by atoms with Gasteiger partial charge in [0.1, 0.15) is 11.3 Å². The molecule has 2 N–H and O–H groups in total. The number of fused-ring (bicyclic) bond motifs is 1. The molecule has 12 heteroatoms. The molecule has 3 heterocycles. The highest BCUT2D eigenvalue weighted by Crippen LogP contribution is 2.40. The normalized spacial score (nSPS) is 25.6. The number of alkyl halides is 2. The Balaban J connectivity index is 1.70. The number of hydrogen-bond acceptors (Lipinski definition) is 7. The van der Waals surface area contributed by atoms with Crippen LogP contribution in [0.3, 0.4) is 0 Å². The molecule has 0 radical (unpaired) electrons. The molecule has 0 aromatic carbocycles. The van der Waals surface area contributed by atoms with Crippen molar-refractivity contribution in [2.24, 2.45) is 0 Å². The molecule has 32 heavy (non-hydrogen) atoms. The van der Waals surface area contributed by atoms with Gasteiger partial charge in [0, 0.05) is 25.2 Å². The second-order valence-electron chi connectivity index (χ2n) is 8.88. The molecule has 1 saturated heterocycles. The zero-order valence-electron chi connectivity index (χ0n) is 18.0. The highest BCUT2D eigenvalue weighted by Gasteiger charge is 2.40. The molecular weight excluding hydrogens is 444 g/mol. The molecule has 176 valence electrons. The van der Waals surface area contributed by atoms with Gasteiger partial charge in [0.2, 0.25) is 10.0 Å². The van der Waals surface area contributed by atoms with Crippen molar-refractivity contribution in [3.8, 4) is 0 Å². The summed E-state index contributed by atoms with van der Waals surface area (Å²) in [5, 5.41) is 14.0. The molecule has 2 fully saturated rings. The maximum absolute atomic E-state index is 13.5. The largest absolute Gasteiger partial charge is 0.388 e. The average Bonchev–Trinajstić information content (AvgIpc) is 3.05. The monoisotopic (exact) mass is 471 g/mol. The second-order valence-corrected chi connectivity index (χ2v) is 10.9. The van der Waals surface area contributed by atoms with Crippen molar-refractivity contribution >= 4 is 26.9 Å². The van der Waals surface area contributed by atoms with Crippen LogP contribution in [0.2, 0.25) is 0 Å². The lowest BCUT2D eigenvalue weighted by atomic mass is 10.00. The number of rotatable bonds is 5. The SMILES string of the molecule is C[C@@]1(O)CCC[C@H]1n1c(=O)c(C(F)F)nc2cnc(NC3CCN(S(C)(=O)=O)CC3)cc21. The van der Waals surface area contributed by atoms with Crippen LogP contribution in [0.15, 0.2) is 17.1 Å². The Hall–Kier alpha value is -2.18. The lowest BCUT2D eigenvalue weighted by Gasteiger charge is -2.31. The Morgan fingerprint density at radius 1 is 1.28 bits per heavy atom. The van der Waals surface area contributed by atoms with Crippen LogP contribution in [0.25, 0.3) is 11.0 Å².